The molecule has 0 spiro atoms. The minimum atomic E-state index is -0.362. The number of hydrogen-bond acceptors (Lipinski definition) is 2. The Morgan fingerprint density at radius 3 is 2.27 bits per heavy atom. The van der Waals surface area contributed by atoms with Gasteiger partial charge in [0, 0.05) is 29.2 Å². The summed E-state index contributed by atoms with van der Waals surface area (Å²) < 4.78 is 13.9. The highest BCUT2D eigenvalue weighted by Crippen LogP contribution is 2.15. The largest absolute Gasteiger partial charge is 0.349 e. The van der Waals surface area contributed by atoms with Crippen LogP contribution in [-0.2, 0) is 11.2 Å². The SMILES string of the molecule is O=C(NC1CCN(C(=O)Cc2ccc(Br)cc2)CC1)c1ccc(F)cc1. The molecule has 2 aromatic carbocycles. The van der Waals surface area contributed by atoms with E-state index in [2.05, 4.69) is 21.2 Å². The molecule has 1 aliphatic heterocycles. The van der Waals surface area contributed by atoms with Gasteiger partial charge in [0.1, 0.15) is 5.82 Å². The molecule has 136 valence electrons. The fourth-order valence-corrected chi connectivity index (χ4v) is 3.30. The van der Waals surface area contributed by atoms with Crippen molar-refractivity contribution in [1.82, 2.24) is 10.2 Å². The van der Waals surface area contributed by atoms with E-state index >= 15 is 0 Å². The standard InChI is InChI=1S/C20H20BrFN2O2/c21-16-5-1-14(2-6-16)13-19(25)24-11-9-18(10-12-24)23-20(26)15-3-7-17(22)8-4-15/h1-8,18H,9-13H2,(H,23,26). The topological polar surface area (TPSA) is 49.4 Å². The molecule has 6 heteroatoms. The number of nitrogens with zero attached hydrogens (tertiary/aromatic N) is 1. The molecule has 4 nitrogen and oxygen atoms in total. The molecule has 1 fully saturated rings. The number of halogens is 2. The van der Waals surface area contributed by atoms with Gasteiger partial charge in [-0.05, 0) is 54.8 Å². The number of carbonyl (C=O) groups excluding carboxylic acids is 2. The van der Waals surface area contributed by atoms with Gasteiger partial charge in [-0.2, -0.15) is 0 Å². The summed E-state index contributed by atoms with van der Waals surface area (Å²) in [5.74, 6) is -0.459. The Hall–Kier alpha value is -2.21. The van der Waals surface area contributed by atoms with Gasteiger partial charge in [0.15, 0.2) is 0 Å². The van der Waals surface area contributed by atoms with Crippen molar-refractivity contribution in [3.8, 4) is 0 Å². The molecule has 0 atom stereocenters. The van der Waals surface area contributed by atoms with Crippen molar-refractivity contribution < 1.29 is 14.0 Å². The molecule has 2 aromatic rings. The number of benzene rings is 2. The molecule has 2 amide bonds. The van der Waals surface area contributed by atoms with E-state index < -0.39 is 0 Å². The van der Waals surface area contributed by atoms with E-state index in [0.29, 0.717) is 25.1 Å². The third kappa shape index (κ3) is 4.91. The van der Waals surface area contributed by atoms with Gasteiger partial charge >= 0.3 is 0 Å². The zero-order valence-electron chi connectivity index (χ0n) is 14.3. The minimum Gasteiger partial charge on any atom is -0.349 e. The second-order valence-electron chi connectivity index (χ2n) is 6.44. The predicted molar refractivity (Wildman–Crippen MR) is 101 cm³/mol. The zero-order chi connectivity index (χ0) is 18.5. The van der Waals surface area contributed by atoms with Crippen LogP contribution in [-0.4, -0.2) is 35.8 Å². The van der Waals surface area contributed by atoms with E-state index in [1.54, 1.807) is 0 Å². The molecule has 26 heavy (non-hydrogen) atoms. The number of amides is 2. The summed E-state index contributed by atoms with van der Waals surface area (Å²) in [5.41, 5.74) is 1.44. The van der Waals surface area contributed by atoms with Gasteiger partial charge in [0.25, 0.3) is 5.91 Å². The van der Waals surface area contributed by atoms with Crippen molar-refractivity contribution in [3.05, 3.63) is 69.9 Å². The van der Waals surface area contributed by atoms with Crippen LogP contribution >= 0.6 is 15.9 Å². The predicted octanol–water partition coefficient (Wildman–Crippen LogP) is 3.55. The van der Waals surface area contributed by atoms with Gasteiger partial charge < -0.3 is 10.2 Å². The van der Waals surface area contributed by atoms with Gasteiger partial charge in [0.05, 0.1) is 6.42 Å². The Labute approximate surface area is 160 Å². The number of likely N-dealkylation sites (tertiary alicyclic amines) is 1. The first-order valence-corrected chi connectivity index (χ1v) is 9.39. The van der Waals surface area contributed by atoms with E-state index in [1.807, 2.05) is 29.2 Å². The molecular formula is C20H20BrFN2O2. The van der Waals surface area contributed by atoms with Crippen molar-refractivity contribution in [3.63, 3.8) is 0 Å². The van der Waals surface area contributed by atoms with E-state index in [1.165, 1.54) is 24.3 Å². The molecule has 1 heterocycles. The second-order valence-corrected chi connectivity index (χ2v) is 7.35. The molecule has 0 aliphatic carbocycles. The van der Waals surface area contributed by atoms with Crippen LogP contribution < -0.4 is 5.32 Å². The molecule has 1 N–H and O–H groups in total. The van der Waals surface area contributed by atoms with Crippen LogP contribution in [0.4, 0.5) is 4.39 Å². The fraction of sp³-hybridized carbons (Fsp3) is 0.300. The highest BCUT2D eigenvalue weighted by atomic mass is 79.9. The van der Waals surface area contributed by atoms with Crippen LogP contribution in [0.5, 0.6) is 0 Å². The summed E-state index contributed by atoms with van der Waals surface area (Å²) >= 11 is 3.39. The van der Waals surface area contributed by atoms with Gasteiger partial charge in [-0.3, -0.25) is 9.59 Å². The highest BCUT2D eigenvalue weighted by molar-refractivity contribution is 9.10. The fourth-order valence-electron chi connectivity index (χ4n) is 3.03. The lowest BCUT2D eigenvalue weighted by Crippen LogP contribution is -2.47. The summed E-state index contributed by atoms with van der Waals surface area (Å²) in [7, 11) is 0. The Kier molecular flexibility index (Phi) is 6.04. The van der Waals surface area contributed by atoms with Crippen LogP contribution in [0.2, 0.25) is 0 Å². The van der Waals surface area contributed by atoms with Crippen LogP contribution in [0.1, 0.15) is 28.8 Å². The van der Waals surface area contributed by atoms with E-state index in [-0.39, 0.29) is 23.7 Å². The molecule has 0 saturated carbocycles. The number of piperidine rings is 1. The first-order valence-electron chi connectivity index (χ1n) is 8.60. The summed E-state index contributed by atoms with van der Waals surface area (Å²) in [5, 5.41) is 2.97. The van der Waals surface area contributed by atoms with E-state index in [4.69, 9.17) is 0 Å². The first-order chi connectivity index (χ1) is 12.5. The third-order valence-electron chi connectivity index (χ3n) is 4.56. The minimum absolute atomic E-state index is 0.0317. The molecule has 1 aliphatic rings. The molecule has 0 aromatic heterocycles. The molecule has 0 bridgehead atoms. The molecule has 0 radical (unpaired) electrons. The van der Waals surface area contributed by atoms with Crippen molar-refractivity contribution in [2.75, 3.05) is 13.1 Å². The summed E-state index contributed by atoms with van der Waals surface area (Å²) in [4.78, 5) is 26.5. The lowest BCUT2D eigenvalue weighted by molar-refractivity contribution is -0.131. The summed E-state index contributed by atoms with van der Waals surface area (Å²) in [6, 6.07) is 13.3. The number of hydrogen-bond donors (Lipinski definition) is 1. The number of carbonyl (C=O) groups is 2. The number of rotatable bonds is 4. The molecule has 1 saturated heterocycles. The van der Waals surface area contributed by atoms with E-state index in [0.717, 1.165) is 22.9 Å². The van der Waals surface area contributed by atoms with Gasteiger partial charge in [-0.25, -0.2) is 4.39 Å². The Morgan fingerprint density at radius 2 is 1.65 bits per heavy atom. The Bertz CT molecular complexity index is 769. The van der Waals surface area contributed by atoms with Crippen LogP contribution in [0.15, 0.2) is 53.0 Å². The molecule has 0 unspecified atom stereocenters. The van der Waals surface area contributed by atoms with Crippen molar-refractivity contribution in [1.29, 1.82) is 0 Å². The van der Waals surface area contributed by atoms with Gasteiger partial charge in [-0.15, -0.1) is 0 Å². The van der Waals surface area contributed by atoms with E-state index in [9.17, 15) is 14.0 Å². The summed E-state index contributed by atoms with van der Waals surface area (Å²) in [6.07, 6.45) is 1.83. The normalized spacial score (nSPS) is 14.9. The average Bonchev–Trinajstić information content (AvgIpc) is 2.64. The first kappa shape index (κ1) is 18.6. The van der Waals surface area contributed by atoms with Crippen LogP contribution in [0.25, 0.3) is 0 Å². The molecular weight excluding hydrogens is 399 g/mol. The zero-order valence-corrected chi connectivity index (χ0v) is 15.8. The quantitative estimate of drug-likeness (QED) is 0.824. The maximum Gasteiger partial charge on any atom is 0.251 e. The monoisotopic (exact) mass is 418 g/mol. The number of nitrogens with one attached hydrogen (secondary N) is 1. The second kappa shape index (κ2) is 8.45. The van der Waals surface area contributed by atoms with Crippen molar-refractivity contribution in [2.24, 2.45) is 0 Å². The van der Waals surface area contributed by atoms with Crippen molar-refractivity contribution >= 4 is 27.7 Å². The average molecular weight is 419 g/mol. The van der Waals surface area contributed by atoms with Crippen LogP contribution in [0, 0.1) is 5.82 Å². The summed E-state index contributed by atoms with van der Waals surface area (Å²) in [6.45, 7) is 1.26. The molecule has 3 rings (SSSR count). The van der Waals surface area contributed by atoms with Crippen molar-refractivity contribution in [2.45, 2.75) is 25.3 Å². The Balaban J connectivity index is 1.47. The third-order valence-corrected chi connectivity index (χ3v) is 5.09. The lowest BCUT2D eigenvalue weighted by Gasteiger charge is -2.32. The lowest BCUT2D eigenvalue weighted by atomic mass is 10.0. The smallest absolute Gasteiger partial charge is 0.251 e. The Morgan fingerprint density at radius 1 is 1.04 bits per heavy atom. The highest BCUT2D eigenvalue weighted by Gasteiger charge is 2.24. The maximum absolute atomic E-state index is 12.9. The maximum atomic E-state index is 12.9. The van der Waals surface area contributed by atoms with Crippen LogP contribution in [0.3, 0.4) is 0 Å². The van der Waals surface area contributed by atoms with Gasteiger partial charge in [0.2, 0.25) is 5.91 Å². The van der Waals surface area contributed by atoms with Gasteiger partial charge in [-0.1, -0.05) is 28.1 Å².